The van der Waals surface area contributed by atoms with Crippen LogP contribution in [0, 0.1) is 6.92 Å². The number of amides is 1. The maximum Gasteiger partial charge on any atom is 0.406 e. The summed E-state index contributed by atoms with van der Waals surface area (Å²) in [6.45, 7) is 0.935. The van der Waals surface area contributed by atoms with E-state index in [-0.39, 0.29) is 6.54 Å². The zero-order valence-corrected chi connectivity index (χ0v) is 13.4. The van der Waals surface area contributed by atoms with Crippen LogP contribution in [0.2, 0.25) is 0 Å². The molecule has 0 unspecified atom stereocenters. The highest BCUT2D eigenvalue weighted by molar-refractivity contribution is 5.86. The minimum absolute atomic E-state index is 0.264. The first-order valence-corrected chi connectivity index (χ1v) is 7.02. The van der Waals surface area contributed by atoms with Gasteiger partial charge in [0.05, 0.1) is 6.54 Å². The normalized spacial score (nSPS) is 12.0. The first kappa shape index (κ1) is 18.8. The van der Waals surface area contributed by atoms with Gasteiger partial charge in [-0.25, -0.2) is 0 Å². The molecule has 0 bridgehead atoms. The molecule has 0 aliphatic rings. The van der Waals surface area contributed by atoms with Crippen LogP contribution in [-0.4, -0.2) is 50.1 Å². The zero-order chi connectivity index (χ0) is 17.5. The first-order valence-electron chi connectivity index (χ1n) is 7.02. The number of hydrogen-bond acceptors (Lipinski definition) is 2. The molecule has 1 rings (SSSR count). The summed E-state index contributed by atoms with van der Waals surface area (Å²) in [6.07, 6.45) is -4.41. The topological polar surface area (TPSA) is 56.7 Å². The van der Waals surface area contributed by atoms with Crippen molar-refractivity contribution in [3.05, 3.63) is 35.4 Å². The molecule has 128 valence electrons. The van der Waals surface area contributed by atoms with Gasteiger partial charge in [-0.1, -0.05) is 24.3 Å². The molecule has 0 saturated heterocycles. The Morgan fingerprint density at radius 3 is 2.48 bits per heavy atom. The number of nitrogens with zero attached hydrogens (tertiary/aromatic N) is 2. The molecule has 0 atom stereocenters. The highest BCUT2D eigenvalue weighted by Crippen LogP contribution is 2.15. The molecular weight excluding hydrogens is 309 g/mol. The molecule has 23 heavy (non-hydrogen) atoms. The molecule has 0 saturated carbocycles. The van der Waals surface area contributed by atoms with E-state index in [0.717, 1.165) is 18.2 Å². The minimum atomic E-state index is -4.41. The number of nitrogens with one attached hydrogen (secondary N) is 2. The van der Waals surface area contributed by atoms with Gasteiger partial charge >= 0.3 is 6.18 Å². The second-order valence-corrected chi connectivity index (χ2v) is 5.07. The van der Waals surface area contributed by atoms with Crippen LogP contribution < -0.4 is 10.6 Å². The van der Waals surface area contributed by atoms with Gasteiger partial charge in [0.1, 0.15) is 6.54 Å². The number of aryl methyl sites for hydroxylation is 1. The summed E-state index contributed by atoms with van der Waals surface area (Å²) in [7, 11) is 2.64. The molecule has 0 aliphatic carbocycles. The van der Waals surface area contributed by atoms with Gasteiger partial charge in [-0.15, -0.1) is 0 Å². The van der Waals surface area contributed by atoms with E-state index in [9.17, 15) is 18.0 Å². The third kappa shape index (κ3) is 7.03. The molecule has 8 heteroatoms. The van der Waals surface area contributed by atoms with Gasteiger partial charge in [0.15, 0.2) is 5.96 Å². The Kier molecular flexibility index (Phi) is 6.87. The number of rotatable bonds is 5. The largest absolute Gasteiger partial charge is 0.406 e. The fourth-order valence-electron chi connectivity index (χ4n) is 1.86. The van der Waals surface area contributed by atoms with Gasteiger partial charge < -0.3 is 15.5 Å². The third-order valence-electron chi connectivity index (χ3n) is 3.18. The van der Waals surface area contributed by atoms with Crippen molar-refractivity contribution in [2.24, 2.45) is 4.99 Å². The Morgan fingerprint density at radius 1 is 1.26 bits per heavy atom. The van der Waals surface area contributed by atoms with E-state index in [2.05, 4.69) is 15.6 Å². The summed E-state index contributed by atoms with van der Waals surface area (Å²) < 4.78 is 36.7. The quantitative estimate of drug-likeness (QED) is 0.638. The van der Waals surface area contributed by atoms with Crippen LogP contribution in [0.4, 0.5) is 13.2 Å². The van der Waals surface area contributed by atoms with Crippen molar-refractivity contribution in [1.82, 2.24) is 15.5 Å². The van der Waals surface area contributed by atoms with Crippen LogP contribution in [0.5, 0.6) is 0 Å². The van der Waals surface area contributed by atoms with Crippen molar-refractivity contribution >= 4 is 11.9 Å². The highest BCUT2D eigenvalue weighted by Gasteiger charge is 2.31. The van der Waals surface area contributed by atoms with E-state index in [1.165, 1.54) is 7.05 Å². The number of likely N-dealkylation sites (N-methyl/N-ethyl adjacent to an activating group) is 1. The van der Waals surface area contributed by atoms with Crippen LogP contribution in [0.3, 0.4) is 0 Å². The molecule has 0 fully saturated rings. The second-order valence-electron chi connectivity index (χ2n) is 5.07. The lowest BCUT2D eigenvalue weighted by atomic mass is 10.1. The standard InChI is InChI=1S/C15H21F3N4O/c1-11-6-4-5-7-12(11)8-20-14(19-2)21-9-13(23)22(3)10-15(16,17)18/h4-7H,8-10H2,1-3H3,(H2,19,20,21). The number of aliphatic imine (C=N–C) groups is 1. The van der Waals surface area contributed by atoms with E-state index in [1.54, 1.807) is 0 Å². The van der Waals surface area contributed by atoms with Crippen LogP contribution in [-0.2, 0) is 11.3 Å². The summed E-state index contributed by atoms with van der Waals surface area (Å²) in [5.74, 6) is -0.317. The number of guanidine groups is 1. The van der Waals surface area contributed by atoms with Crippen molar-refractivity contribution in [3.8, 4) is 0 Å². The van der Waals surface area contributed by atoms with Gasteiger partial charge in [0.25, 0.3) is 0 Å². The van der Waals surface area contributed by atoms with E-state index in [0.29, 0.717) is 17.4 Å². The van der Waals surface area contributed by atoms with Crippen molar-refractivity contribution in [2.45, 2.75) is 19.6 Å². The predicted octanol–water partition coefficient (Wildman–Crippen LogP) is 1.68. The van der Waals surface area contributed by atoms with Gasteiger partial charge in [0.2, 0.25) is 5.91 Å². The number of halogens is 3. The maximum atomic E-state index is 12.2. The molecule has 0 radical (unpaired) electrons. The summed E-state index contributed by atoms with van der Waals surface area (Å²) in [6, 6.07) is 7.78. The van der Waals surface area contributed by atoms with E-state index < -0.39 is 18.6 Å². The number of carbonyl (C=O) groups excluding carboxylic acids is 1. The average Bonchev–Trinajstić information content (AvgIpc) is 2.47. The summed E-state index contributed by atoms with van der Waals surface area (Å²) in [5.41, 5.74) is 2.17. The fourth-order valence-corrected chi connectivity index (χ4v) is 1.86. The number of hydrogen-bond donors (Lipinski definition) is 2. The SMILES string of the molecule is CN=C(NCC(=O)N(C)CC(F)(F)F)NCc1ccccc1C. The molecular formula is C15H21F3N4O. The lowest BCUT2D eigenvalue weighted by Gasteiger charge is -2.20. The van der Waals surface area contributed by atoms with E-state index >= 15 is 0 Å². The van der Waals surface area contributed by atoms with Gasteiger partial charge in [-0.05, 0) is 18.1 Å². The molecule has 2 N–H and O–H groups in total. The Morgan fingerprint density at radius 2 is 1.91 bits per heavy atom. The van der Waals surface area contributed by atoms with E-state index in [1.807, 2.05) is 31.2 Å². The van der Waals surface area contributed by atoms with Gasteiger partial charge in [-0.2, -0.15) is 13.2 Å². The first-order chi connectivity index (χ1) is 10.7. The summed E-state index contributed by atoms with van der Waals surface area (Å²) in [5, 5.41) is 5.72. The number of benzene rings is 1. The van der Waals surface area contributed by atoms with Crippen LogP contribution in [0.15, 0.2) is 29.3 Å². The number of carbonyl (C=O) groups is 1. The lowest BCUT2D eigenvalue weighted by molar-refractivity contribution is -0.157. The molecule has 1 aromatic carbocycles. The Labute approximate surface area is 133 Å². The van der Waals surface area contributed by atoms with Crippen molar-refractivity contribution in [3.63, 3.8) is 0 Å². The predicted molar refractivity (Wildman–Crippen MR) is 83.1 cm³/mol. The van der Waals surface area contributed by atoms with Crippen LogP contribution in [0.1, 0.15) is 11.1 Å². The van der Waals surface area contributed by atoms with Crippen LogP contribution in [0.25, 0.3) is 0 Å². The average molecular weight is 330 g/mol. The Bertz CT molecular complexity index is 558. The Balaban J connectivity index is 2.45. The molecule has 0 aliphatic heterocycles. The second kappa shape index (κ2) is 8.40. The van der Waals surface area contributed by atoms with Crippen molar-refractivity contribution in [2.75, 3.05) is 27.2 Å². The maximum absolute atomic E-state index is 12.2. The highest BCUT2D eigenvalue weighted by atomic mass is 19.4. The molecule has 5 nitrogen and oxygen atoms in total. The number of alkyl halides is 3. The summed E-state index contributed by atoms with van der Waals surface area (Å²) >= 11 is 0. The third-order valence-corrected chi connectivity index (χ3v) is 3.18. The van der Waals surface area contributed by atoms with Gasteiger partial charge in [0, 0.05) is 20.6 Å². The minimum Gasteiger partial charge on any atom is -0.352 e. The van der Waals surface area contributed by atoms with E-state index in [4.69, 9.17) is 0 Å². The molecule has 0 heterocycles. The molecule has 0 aromatic heterocycles. The van der Waals surface area contributed by atoms with Gasteiger partial charge in [-0.3, -0.25) is 9.79 Å². The molecule has 1 aromatic rings. The van der Waals surface area contributed by atoms with Crippen molar-refractivity contribution in [1.29, 1.82) is 0 Å². The molecule has 1 amide bonds. The summed E-state index contributed by atoms with van der Waals surface area (Å²) in [4.78, 5) is 16.2. The monoisotopic (exact) mass is 330 g/mol. The smallest absolute Gasteiger partial charge is 0.352 e. The zero-order valence-electron chi connectivity index (χ0n) is 13.4. The fraction of sp³-hybridized carbons (Fsp3) is 0.467. The van der Waals surface area contributed by atoms with Crippen molar-refractivity contribution < 1.29 is 18.0 Å². The molecule has 0 spiro atoms. The van der Waals surface area contributed by atoms with Crippen LogP contribution >= 0.6 is 0 Å². The lowest BCUT2D eigenvalue weighted by Crippen LogP contribution is -2.45. The Hall–Kier alpha value is -2.25.